The van der Waals surface area contributed by atoms with Crippen molar-refractivity contribution in [2.24, 2.45) is 0 Å². The number of thioether (sulfide) groups is 1. The Hall–Kier alpha value is -1.73. The lowest BCUT2D eigenvalue weighted by Crippen LogP contribution is -2.35. The highest BCUT2D eigenvalue weighted by atomic mass is 32.2. The van der Waals surface area contributed by atoms with Crippen LogP contribution in [-0.4, -0.2) is 27.7 Å². The van der Waals surface area contributed by atoms with Gasteiger partial charge in [0.15, 0.2) is 16.8 Å². The number of aromatic nitrogens is 2. The summed E-state index contributed by atoms with van der Waals surface area (Å²) in [6, 6.07) is 3.89. The monoisotopic (exact) mass is 323 g/mol. The molecule has 1 aliphatic heterocycles. The number of H-pyrrole nitrogens is 1. The van der Waals surface area contributed by atoms with Crippen LogP contribution >= 0.6 is 11.8 Å². The van der Waals surface area contributed by atoms with Gasteiger partial charge in [-0.2, -0.15) is 0 Å². The molecule has 0 bridgehead atoms. The fraction of sp³-hybridized carbons (Fsp3) is 0.333. The average molecular weight is 323 g/mol. The number of hydrogen-bond donors (Lipinski definition) is 1. The van der Waals surface area contributed by atoms with Crippen molar-refractivity contribution in [2.75, 3.05) is 12.8 Å². The maximum Gasteiger partial charge on any atom is 0.256 e. The van der Waals surface area contributed by atoms with Crippen molar-refractivity contribution in [3.8, 4) is 0 Å². The van der Waals surface area contributed by atoms with Gasteiger partial charge in [0.2, 0.25) is 0 Å². The molecule has 0 saturated carbocycles. The second-order valence-corrected chi connectivity index (χ2v) is 6.00. The van der Waals surface area contributed by atoms with Crippen molar-refractivity contribution in [2.45, 2.75) is 24.7 Å². The molecule has 0 aliphatic carbocycles. The number of benzene rings is 1. The number of rotatable bonds is 3. The fourth-order valence-corrected chi connectivity index (χ4v) is 2.98. The SMILES string of the molecule is CSc1nc2c(c(=O)[nH]1)CN(Cc1ccc(F)c(F)c1)CC2. The summed E-state index contributed by atoms with van der Waals surface area (Å²) in [5.41, 5.74) is 2.05. The van der Waals surface area contributed by atoms with Crippen LogP contribution < -0.4 is 5.56 Å². The number of halogens is 2. The Bertz CT molecular complexity index is 763. The first-order valence-corrected chi connectivity index (χ1v) is 8.11. The van der Waals surface area contributed by atoms with Gasteiger partial charge in [0.05, 0.1) is 11.3 Å². The standard InChI is InChI=1S/C15H15F2N3OS/c1-22-15-18-13-4-5-20(8-10(13)14(21)19-15)7-9-2-3-11(16)12(17)6-9/h2-3,6H,4-5,7-8H2,1H3,(H,18,19,21). The number of fused-ring (bicyclic) bond motifs is 1. The highest BCUT2D eigenvalue weighted by molar-refractivity contribution is 7.98. The van der Waals surface area contributed by atoms with Gasteiger partial charge in [-0.1, -0.05) is 17.8 Å². The molecule has 7 heteroatoms. The van der Waals surface area contributed by atoms with Crippen LogP contribution in [0, 0.1) is 11.6 Å². The Balaban J connectivity index is 1.79. The van der Waals surface area contributed by atoms with E-state index in [2.05, 4.69) is 9.97 Å². The molecular weight excluding hydrogens is 308 g/mol. The number of aromatic amines is 1. The minimum absolute atomic E-state index is 0.121. The summed E-state index contributed by atoms with van der Waals surface area (Å²) in [7, 11) is 0. The van der Waals surface area contributed by atoms with E-state index in [0.29, 0.717) is 35.8 Å². The van der Waals surface area contributed by atoms with Crippen LogP contribution in [0.15, 0.2) is 28.2 Å². The van der Waals surface area contributed by atoms with E-state index in [0.717, 1.165) is 18.3 Å². The third-order valence-corrected chi connectivity index (χ3v) is 4.29. The van der Waals surface area contributed by atoms with Crippen LogP contribution in [0.25, 0.3) is 0 Å². The molecule has 1 aromatic carbocycles. The quantitative estimate of drug-likeness (QED) is 0.696. The van der Waals surface area contributed by atoms with E-state index < -0.39 is 11.6 Å². The largest absolute Gasteiger partial charge is 0.301 e. The van der Waals surface area contributed by atoms with Gasteiger partial charge in [0.1, 0.15) is 0 Å². The molecule has 0 atom stereocenters. The van der Waals surface area contributed by atoms with Crippen LogP contribution in [-0.2, 0) is 19.5 Å². The van der Waals surface area contributed by atoms with Crippen molar-refractivity contribution < 1.29 is 8.78 Å². The zero-order valence-electron chi connectivity index (χ0n) is 12.0. The highest BCUT2D eigenvalue weighted by Crippen LogP contribution is 2.19. The summed E-state index contributed by atoms with van der Waals surface area (Å²) in [4.78, 5) is 21.3. The molecule has 0 unspecified atom stereocenters. The molecular formula is C15H15F2N3OS. The first kappa shape index (κ1) is 15.2. The molecule has 2 aromatic rings. The summed E-state index contributed by atoms with van der Waals surface area (Å²) in [5.74, 6) is -1.70. The van der Waals surface area contributed by atoms with Crippen molar-refractivity contribution in [3.63, 3.8) is 0 Å². The average Bonchev–Trinajstić information content (AvgIpc) is 2.51. The van der Waals surface area contributed by atoms with E-state index in [1.54, 1.807) is 6.07 Å². The van der Waals surface area contributed by atoms with Gasteiger partial charge in [0.25, 0.3) is 5.56 Å². The lowest BCUT2D eigenvalue weighted by atomic mass is 10.1. The van der Waals surface area contributed by atoms with Crippen LogP contribution in [0.1, 0.15) is 16.8 Å². The van der Waals surface area contributed by atoms with E-state index >= 15 is 0 Å². The minimum Gasteiger partial charge on any atom is -0.301 e. The van der Waals surface area contributed by atoms with Crippen LogP contribution in [0.2, 0.25) is 0 Å². The third kappa shape index (κ3) is 3.05. The second kappa shape index (κ2) is 6.18. The lowest BCUT2D eigenvalue weighted by Gasteiger charge is -2.27. The maximum absolute atomic E-state index is 13.3. The number of hydrogen-bond acceptors (Lipinski definition) is 4. The summed E-state index contributed by atoms with van der Waals surface area (Å²) < 4.78 is 26.2. The first-order chi connectivity index (χ1) is 10.6. The summed E-state index contributed by atoms with van der Waals surface area (Å²) in [5, 5.41) is 0.623. The normalized spacial score (nSPS) is 14.9. The Labute approximate surface area is 130 Å². The topological polar surface area (TPSA) is 49.0 Å². The van der Waals surface area contributed by atoms with Gasteiger partial charge in [-0.15, -0.1) is 0 Å². The molecule has 3 rings (SSSR count). The summed E-state index contributed by atoms with van der Waals surface area (Å²) in [6.45, 7) is 1.67. The molecule has 0 radical (unpaired) electrons. The fourth-order valence-electron chi connectivity index (χ4n) is 2.59. The van der Waals surface area contributed by atoms with Gasteiger partial charge in [-0.25, -0.2) is 13.8 Å². The van der Waals surface area contributed by atoms with Crippen molar-refractivity contribution in [3.05, 3.63) is 57.0 Å². The minimum atomic E-state index is -0.849. The molecule has 1 aliphatic rings. The zero-order chi connectivity index (χ0) is 15.7. The Morgan fingerprint density at radius 3 is 2.91 bits per heavy atom. The van der Waals surface area contributed by atoms with Gasteiger partial charge in [0, 0.05) is 26.1 Å². The molecule has 0 amide bonds. The molecule has 2 heterocycles. The molecule has 0 spiro atoms. The molecule has 0 fully saturated rings. The molecule has 1 aromatic heterocycles. The predicted octanol–water partition coefficient (Wildman–Crippen LogP) is 2.33. The van der Waals surface area contributed by atoms with Crippen LogP contribution in [0.4, 0.5) is 8.78 Å². The highest BCUT2D eigenvalue weighted by Gasteiger charge is 2.21. The van der Waals surface area contributed by atoms with Crippen LogP contribution in [0.5, 0.6) is 0 Å². The summed E-state index contributed by atoms with van der Waals surface area (Å²) in [6.07, 6.45) is 2.54. The second-order valence-electron chi connectivity index (χ2n) is 5.21. The summed E-state index contributed by atoms with van der Waals surface area (Å²) >= 11 is 1.40. The third-order valence-electron chi connectivity index (χ3n) is 3.71. The first-order valence-electron chi connectivity index (χ1n) is 6.89. The Morgan fingerprint density at radius 2 is 2.18 bits per heavy atom. The van der Waals surface area contributed by atoms with Gasteiger partial charge >= 0.3 is 0 Å². The number of nitrogens with zero attached hydrogens (tertiary/aromatic N) is 2. The van der Waals surface area contributed by atoms with E-state index in [4.69, 9.17) is 0 Å². The molecule has 22 heavy (non-hydrogen) atoms. The Kier molecular flexibility index (Phi) is 4.26. The lowest BCUT2D eigenvalue weighted by molar-refractivity contribution is 0.240. The molecule has 0 saturated heterocycles. The van der Waals surface area contributed by atoms with Crippen molar-refractivity contribution in [1.82, 2.24) is 14.9 Å². The zero-order valence-corrected chi connectivity index (χ0v) is 12.8. The Morgan fingerprint density at radius 1 is 1.36 bits per heavy atom. The predicted molar refractivity (Wildman–Crippen MR) is 80.8 cm³/mol. The van der Waals surface area contributed by atoms with E-state index in [9.17, 15) is 13.6 Å². The van der Waals surface area contributed by atoms with Crippen molar-refractivity contribution >= 4 is 11.8 Å². The molecule has 1 N–H and O–H groups in total. The molecule has 116 valence electrons. The maximum atomic E-state index is 13.3. The van der Waals surface area contributed by atoms with E-state index in [1.165, 1.54) is 17.8 Å². The van der Waals surface area contributed by atoms with Crippen LogP contribution in [0.3, 0.4) is 0 Å². The van der Waals surface area contributed by atoms with Gasteiger partial charge in [-0.05, 0) is 24.0 Å². The molecule has 4 nitrogen and oxygen atoms in total. The van der Waals surface area contributed by atoms with Gasteiger partial charge in [-0.3, -0.25) is 9.69 Å². The smallest absolute Gasteiger partial charge is 0.256 e. The van der Waals surface area contributed by atoms with Crippen molar-refractivity contribution in [1.29, 1.82) is 0 Å². The number of nitrogens with one attached hydrogen (secondary N) is 1. The van der Waals surface area contributed by atoms with E-state index in [-0.39, 0.29) is 5.56 Å². The van der Waals surface area contributed by atoms with Gasteiger partial charge < -0.3 is 4.98 Å². The van der Waals surface area contributed by atoms with E-state index in [1.807, 2.05) is 11.2 Å².